The second-order valence-electron chi connectivity index (χ2n) is 7.36. The van der Waals surface area contributed by atoms with Gasteiger partial charge in [-0.25, -0.2) is 0 Å². The minimum absolute atomic E-state index is 0.339. The van der Waals surface area contributed by atoms with Gasteiger partial charge in [0, 0.05) is 46.2 Å². The monoisotopic (exact) mass is 383 g/mol. The molecule has 0 spiro atoms. The Morgan fingerprint density at radius 3 is 2.68 bits per heavy atom. The summed E-state index contributed by atoms with van der Waals surface area (Å²) >= 11 is 0. The molecule has 0 bridgehead atoms. The van der Waals surface area contributed by atoms with Crippen LogP contribution in [0.1, 0.15) is 30.9 Å². The lowest BCUT2D eigenvalue weighted by Gasteiger charge is -2.37. The van der Waals surface area contributed by atoms with Crippen molar-refractivity contribution < 1.29 is 5.11 Å². The normalized spacial score (nSPS) is 18.0. The van der Waals surface area contributed by atoms with Gasteiger partial charge in [0.1, 0.15) is 11.6 Å². The molecule has 8 nitrogen and oxygen atoms in total. The van der Waals surface area contributed by atoms with Crippen LogP contribution >= 0.6 is 0 Å². The molecule has 1 aromatic heterocycles. The van der Waals surface area contributed by atoms with Gasteiger partial charge >= 0.3 is 0 Å². The summed E-state index contributed by atoms with van der Waals surface area (Å²) in [5, 5.41) is 22.3. The number of benzene rings is 1. The number of aryl methyl sites for hydroxylation is 1. The first kappa shape index (κ1) is 18.6. The third kappa shape index (κ3) is 3.90. The molecule has 2 aliphatic heterocycles. The average molecular weight is 384 g/mol. The number of nitrogens with zero attached hydrogens (tertiary/aromatic N) is 6. The standard InChI is InChI=1S/C20H29N7O/c1-21-20(22-15-19-24-23-18-9-3-2-6-10-27(18)19)26-13-11-25(12-14-26)16-7-4-5-8-17(16)28/h4-5,7-8,28H,2-3,6,9-15H2,1H3,(H,21,22). The number of hydrogen-bond acceptors (Lipinski definition) is 5. The lowest BCUT2D eigenvalue weighted by atomic mass is 10.2. The van der Waals surface area contributed by atoms with Gasteiger partial charge in [-0.3, -0.25) is 4.99 Å². The first-order chi connectivity index (χ1) is 13.8. The molecule has 1 aromatic carbocycles. The van der Waals surface area contributed by atoms with Gasteiger partial charge in [0.25, 0.3) is 0 Å². The first-order valence-electron chi connectivity index (χ1n) is 10.2. The molecule has 0 saturated carbocycles. The van der Waals surface area contributed by atoms with E-state index in [0.29, 0.717) is 12.3 Å². The van der Waals surface area contributed by atoms with Crippen LogP contribution in [0.2, 0.25) is 0 Å². The molecule has 1 fully saturated rings. The van der Waals surface area contributed by atoms with E-state index < -0.39 is 0 Å². The zero-order chi connectivity index (χ0) is 19.3. The number of fused-ring (bicyclic) bond motifs is 1. The van der Waals surface area contributed by atoms with Gasteiger partial charge < -0.3 is 24.8 Å². The van der Waals surface area contributed by atoms with E-state index in [0.717, 1.165) is 62.4 Å². The molecular weight excluding hydrogens is 354 g/mol. The van der Waals surface area contributed by atoms with Crippen molar-refractivity contribution in [3.05, 3.63) is 35.9 Å². The highest BCUT2D eigenvalue weighted by atomic mass is 16.3. The summed E-state index contributed by atoms with van der Waals surface area (Å²) in [5.74, 6) is 3.33. The molecule has 0 aliphatic carbocycles. The van der Waals surface area contributed by atoms with E-state index in [-0.39, 0.29) is 0 Å². The molecular formula is C20H29N7O. The van der Waals surface area contributed by atoms with E-state index in [2.05, 4.69) is 34.9 Å². The van der Waals surface area contributed by atoms with E-state index in [4.69, 9.17) is 0 Å². The maximum Gasteiger partial charge on any atom is 0.194 e. The van der Waals surface area contributed by atoms with Gasteiger partial charge in [-0.05, 0) is 25.0 Å². The number of piperazine rings is 1. The van der Waals surface area contributed by atoms with Gasteiger partial charge in [0.15, 0.2) is 11.8 Å². The molecule has 4 rings (SSSR count). The Kier molecular flexibility index (Phi) is 5.64. The van der Waals surface area contributed by atoms with Crippen molar-refractivity contribution in [3.63, 3.8) is 0 Å². The first-order valence-corrected chi connectivity index (χ1v) is 10.2. The molecule has 3 heterocycles. The van der Waals surface area contributed by atoms with Crippen molar-refractivity contribution in [2.75, 3.05) is 38.1 Å². The number of phenols is 1. The number of nitrogens with one attached hydrogen (secondary N) is 1. The number of phenolic OH excluding ortho intramolecular Hbond substituents is 1. The maximum atomic E-state index is 10.1. The predicted molar refractivity (Wildman–Crippen MR) is 110 cm³/mol. The minimum atomic E-state index is 0.339. The quantitative estimate of drug-likeness (QED) is 0.619. The second-order valence-corrected chi connectivity index (χ2v) is 7.36. The number of para-hydroxylation sites is 2. The largest absolute Gasteiger partial charge is 0.506 e. The van der Waals surface area contributed by atoms with Gasteiger partial charge in [-0.1, -0.05) is 18.6 Å². The summed E-state index contributed by atoms with van der Waals surface area (Å²) in [6, 6.07) is 7.52. The fourth-order valence-electron chi connectivity index (χ4n) is 4.06. The lowest BCUT2D eigenvalue weighted by molar-refractivity contribution is 0.369. The Bertz CT molecular complexity index is 824. The summed E-state index contributed by atoms with van der Waals surface area (Å²) < 4.78 is 2.27. The number of rotatable bonds is 3. The van der Waals surface area contributed by atoms with Gasteiger partial charge in [0.05, 0.1) is 12.2 Å². The van der Waals surface area contributed by atoms with Gasteiger partial charge in [0.2, 0.25) is 0 Å². The molecule has 0 radical (unpaired) electrons. The Hall–Kier alpha value is -2.77. The molecule has 0 amide bonds. The molecule has 0 atom stereocenters. The Morgan fingerprint density at radius 1 is 1.07 bits per heavy atom. The van der Waals surface area contributed by atoms with Crippen molar-refractivity contribution in [2.24, 2.45) is 4.99 Å². The Morgan fingerprint density at radius 2 is 1.89 bits per heavy atom. The zero-order valence-electron chi connectivity index (χ0n) is 16.5. The highest BCUT2D eigenvalue weighted by molar-refractivity contribution is 5.80. The summed E-state index contributed by atoms with van der Waals surface area (Å²) in [6.07, 6.45) is 4.69. The van der Waals surface area contributed by atoms with Crippen LogP contribution in [0.15, 0.2) is 29.3 Å². The highest BCUT2D eigenvalue weighted by Crippen LogP contribution is 2.27. The summed E-state index contributed by atoms with van der Waals surface area (Å²) in [6.45, 7) is 5.05. The van der Waals surface area contributed by atoms with Crippen LogP contribution in [-0.4, -0.2) is 64.0 Å². The molecule has 2 aliphatic rings. The molecule has 2 aromatic rings. The number of aromatic hydroxyl groups is 1. The lowest BCUT2D eigenvalue weighted by Crippen LogP contribution is -2.52. The van der Waals surface area contributed by atoms with E-state index in [1.807, 2.05) is 25.2 Å². The average Bonchev–Trinajstić information content (AvgIpc) is 2.95. The second kappa shape index (κ2) is 8.50. The van der Waals surface area contributed by atoms with Crippen LogP contribution in [0.4, 0.5) is 5.69 Å². The number of aliphatic imine (C=N–C) groups is 1. The van der Waals surface area contributed by atoms with Crippen LogP contribution in [-0.2, 0) is 19.5 Å². The van der Waals surface area contributed by atoms with Crippen molar-refractivity contribution in [1.82, 2.24) is 25.0 Å². The van der Waals surface area contributed by atoms with E-state index >= 15 is 0 Å². The maximum absolute atomic E-state index is 10.1. The van der Waals surface area contributed by atoms with Gasteiger partial charge in [-0.15, -0.1) is 10.2 Å². The Labute approximate surface area is 165 Å². The van der Waals surface area contributed by atoms with Crippen LogP contribution in [0.25, 0.3) is 0 Å². The van der Waals surface area contributed by atoms with Crippen molar-refractivity contribution >= 4 is 11.6 Å². The fraction of sp³-hybridized carbons (Fsp3) is 0.550. The molecule has 28 heavy (non-hydrogen) atoms. The van der Waals surface area contributed by atoms with Gasteiger partial charge in [-0.2, -0.15) is 0 Å². The highest BCUT2D eigenvalue weighted by Gasteiger charge is 2.22. The third-order valence-electron chi connectivity index (χ3n) is 5.60. The smallest absolute Gasteiger partial charge is 0.194 e. The summed E-state index contributed by atoms with van der Waals surface area (Å²) in [5.41, 5.74) is 0.899. The van der Waals surface area contributed by atoms with E-state index in [1.54, 1.807) is 6.07 Å². The Balaban J connectivity index is 1.35. The number of hydrogen-bond donors (Lipinski definition) is 2. The fourth-order valence-corrected chi connectivity index (χ4v) is 4.06. The zero-order valence-corrected chi connectivity index (χ0v) is 16.5. The molecule has 0 unspecified atom stereocenters. The molecule has 150 valence electrons. The van der Waals surface area contributed by atoms with Crippen LogP contribution in [0.3, 0.4) is 0 Å². The van der Waals surface area contributed by atoms with E-state index in [1.165, 1.54) is 19.3 Å². The molecule has 1 saturated heterocycles. The summed E-state index contributed by atoms with van der Waals surface area (Å²) in [7, 11) is 1.82. The van der Waals surface area contributed by atoms with Crippen molar-refractivity contribution in [2.45, 2.75) is 38.8 Å². The molecule has 8 heteroatoms. The van der Waals surface area contributed by atoms with Crippen molar-refractivity contribution in [3.8, 4) is 5.75 Å². The number of anilines is 1. The van der Waals surface area contributed by atoms with E-state index in [9.17, 15) is 5.11 Å². The summed E-state index contributed by atoms with van der Waals surface area (Å²) in [4.78, 5) is 8.94. The SMILES string of the molecule is CN=C(NCc1nnc2n1CCCCC2)N1CCN(c2ccccc2O)CC1. The van der Waals surface area contributed by atoms with Crippen LogP contribution < -0.4 is 10.2 Å². The van der Waals surface area contributed by atoms with Crippen LogP contribution in [0.5, 0.6) is 5.75 Å². The van der Waals surface area contributed by atoms with Crippen LogP contribution in [0, 0.1) is 0 Å². The number of guanidine groups is 1. The number of aromatic nitrogens is 3. The third-order valence-corrected chi connectivity index (χ3v) is 5.60. The molecule has 2 N–H and O–H groups in total. The predicted octanol–water partition coefficient (Wildman–Crippen LogP) is 1.61. The topological polar surface area (TPSA) is 81.8 Å². The van der Waals surface area contributed by atoms with Crippen molar-refractivity contribution in [1.29, 1.82) is 0 Å². The minimum Gasteiger partial charge on any atom is -0.506 e.